The summed E-state index contributed by atoms with van der Waals surface area (Å²) in [6.07, 6.45) is 2.42. The lowest BCUT2D eigenvalue weighted by molar-refractivity contribution is 0.226. The molecule has 1 aliphatic heterocycles. The van der Waals surface area contributed by atoms with Crippen molar-refractivity contribution in [3.8, 4) is 5.75 Å². The summed E-state index contributed by atoms with van der Waals surface area (Å²) in [4.78, 5) is 2.37. The van der Waals surface area contributed by atoms with Crippen molar-refractivity contribution < 1.29 is 5.11 Å². The lowest BCUT2D eigenvalue weighted by Gasteiger charge is -2.31. The molecule has 3 nitrogen and oxygen atoms in total. The van der Waals surface area contributed by atoms with Gasteiger partial charge in [0.2, 0.25) is 0 Å². The Morgan fingerprint density at radius 3 is 2.71 bits per heavy atom. The van der Waals surface area contributed by atoms with Crippen molar-refractivity contribution in [3.63, 3.8) is 0 Å². The summed E-state index contributed by atoms with van der Waals surface area (Å²) in [6, 6.07) is 8.42. The average molecular weight is 234 g/mol. The van der Waals surface area contributed by atoms with E-state index in [9.17, 15) is 5.11 Å². The fourth-order valence-electron chi connectivity index (χ4n) is 2.42. The van der Waals surface area contributed by atoms with Crippen LogP contribution in [0.5, 0.6) is 5.75 Å². The molecule has 1 aliphatic rings. The maximum Gasteiger partial charge on any atom is 0.115 e. The first kappa shape index (κ1) is 12.4. The van der Waals surface area contributed by atoms with Crippen LogP contribution >= 0.6 is 0 Å². The summed E-state index contributed by atoms with van der Waals surface area (Å²) < 4.78 is 0. The normalized spacial score (nSPS) is 20.4. The van der Waals surface area contributed by atoms with Gasteiger partial charge in [0.25, 0.3) is 0 Å². The van der Waals surface area contributed by atoms with E-state index in [-0.39, 0.29) is 0 Å². The molecular weight excluding hydrogens is 212 g/mol. The topological polar surface area (TPSA) is 35.5 Å². The van der Waals surface area contributed by atoms with Crippen LogP contribution in [0.2, 0.25) is 0 Å². The molecule has 1 fully saturated rings. The second kappa shape index (κ2) is 5.52. The van der Waals surface area contributed by atoms with E-state index in [0.717, 1.165) is 5.56 Å². The van der Waals surface area contributed by atoms with Crippen LogP contribution in [0.3, 0.4) is 0 Å². The molecule has 0 bridgehead atoms. The predicted octanol–water partition coefficient (Wildman–Crippen LogP) is 2.14. The highest BCUT2D eigenvalue weighted by atomic mass is 16.3. The van der Waals surface area contributed by atoms with Gasteiger partial charge < -0.3 is 15.3 Å². The number of nitrogens with one attached hydrogen (secondary N) is 1. The molecule has 1 unspecified atom stereocenters. The third-order valence-electron chi connectivity index (χ3n) is 3.57. The zero-order chi connectivity index (χ0) is 12.3. The third kappa shape index (κ3) is 3.45. The Morgan fingerprint density at radius 1 is 1.35 bits per heavy atom. The Bertz CT molecular complexity index is 359. The van der Waals surface area contributed by atoms with Crippen molar-refractivity contribution in [1.82, 2.24) is 10.2 Å². The molecule has 1 atom stereocenters. The minimum atomic E-state index is 0.301. The summed E-state index contributed by atoms with van der Waals surface area (Å²) in [6.45, 7) is 4.50. The number of hydrogen-bond acceptors (Lipinski definition) is 3. The van der Waals surface area contributed by atoms with Gasteiger partial charge in [0.05, 0.1) is 0 Å². The van der Waals surface area contributed by atoms with E-state index in [0.29, 0.717) is 17.8 Å². The van der Waals surface area contributed by atoms with Gasteiger partial charge in [-0.2, -0.15) is 0 Å². The van der Waals surface area contributed by atoms with Gasteiger partial charge in [0.15, 0.2) is 0 Å². The summed E-state index contributed by atoms with van der Waals surface area (Å²) in [5, 5.41) is 13.1. The predicted molar refractivity (Wildman–Crippen MR) is 70.2 cm³/mol. The number of rotatable bonds is 3. The second-order valence-corrected chi connectivity index (χ2v) is 5.06. The van der Waals surface area contributed by atoms with E-state index in [1.54, 1.807) is 6.07 Å². The Morgan fingerprint density at radius 2 is 2.06 bits per heavy atom. The van der Waals surface area contributed by atoms with Crippen LogP contribution in [-0.4, -0.2) is 36.2 Å². The first-order chi connectivity index (χ1) is 8.15. The van der Waals surface area contributed by atoms with E-state index in [1.807, 2.05) is 12.1 Å². The van der Waals surface area contributed by atoms with Gasteiger partial charge in [-0.05, 0) is 57.6 Å². The molecule has 0 radical (unpaired) electrons. The summed E-state index contributed by atoms with van der Waals surface area (Å²) in [5.41, 5.74) is 1.16. The van der Waals surface area contributed by atoms with E-state index < -0.39 is 0 Å². The zero-order valence-electron chi connectivity index (χ0n) is 10.7. The smallest absolute Gasteiger partial charge is 0.115 e. The molecule has 1 saturated heterocycles. The molecule has 0 spiro atoms. The number of benzene rings is 1. The Balaban J connectivity index is 1.90. The first-order valence-electron chi connectivity index (χ1n) is 6.38. The number of aromatic hydroxyl groups is 1. The van der Waals surface area contributed by atoms with Crippen LogP contribution in [0.4, 0.5) is 0 Å². The number of phenols is 1. The van der Waals surface area contributed by atoms with Gasteiger partial charge in [-0.1, -0.05) is 12.1 Å². The molecule has 0 aromatic heterocycles. The number of likely N-dealkylation sites (tertiary alicyclic amines) is 1. The Labute approximate surface area is 103 Å². The number of nitrogens with zero attached hydrogens (tertiary/aromatic N) is 1. The van der Waals surface area contributed by atoms with Crippen LogP contribution in [-0.2, 0) is 0 Å². The van der Waals surface area contributed by atoms with Crippen LogP contribution in [0.25, 0.3) is 0 Å². The largest absolute Gasteiger partial charge is 0.508 e. The van der Waals surface area contributed by atoms with Gasteiger partial charge in [-0.15, -0.1) is 0 Å². The number of phenolic OH excluding ortho intramolecular Hbond substituents is 1. The maximum atomic E-state index is 9.47. The van der Waals surface area contributed by atoms with E-state index >= 15 is 0 Å². The molecular formula is C14H22N2O. The quantitative estimate of drug-likeness (QED) is 0.841. The molecule has 2 rings (SSSR count). The fourth-order valence-corrected chi connectivity index (χ4v) is 2.42. The first-order valence-corrected chi connectivity index (χ1v) is 6.38. The fraction of sp³-hybridized carbons (Fsp3) is 0.571. The standard InChI is InChI=1S/C14H22N2O/c1-11(12-4-3-5-14(17)10-12)15-13-6-8-16(2)9-7-13/h3-5,10-11,13,15,17H,6-9H2,1-2H3. The molecule has 94 valence electrons. The SMILES string of the molecule is CC(NC1CCN(C)CC1)c1cccc(O)c1. The minimum Gasteiger partial charge on any atom is -0.508 e. The summed E-state index contributed by atoms with van der Waals surface area (Å²) in [7, 11) is 2.18. The van der Waals surface area contributed by atoms with Gasteiger partial charge >= 0.3 is 0 Å². The van der Waals surface area contributed by atoms with Crippen molar-refractivity contribution in [2.24, 2.45) is 0 Å². The molecule has 1 aromatic rings. The van der Waals surface area contributed by atoms with Crippen LogP contribution in [0, 0.1) is 0 Å². The molecule has 0 amide bonds. The average Bonchev–Trinajstić information content (AvgIpc) is 2.32. The highest BCUT2D eigenvalue weighted by Gasteiger charge is 2.18. The van der Waals surface area contributed by atoms with Gasteiger partial charge in [-0.25, -0.2) is 0 Å². The molecule has 1 heterocycles. The minimum absolute atomic E-state index is 0.301. The third-order valence-corrected chi connectivity index (χ3v) is 3.57. The van der Waals surface area contributed by atoms with Crippen LogP contribution in [0.1, 0.15) is 31.4 Å². The van der Waals surface area contributed by atoms with Gasteiger partial charge in [0.1, 0.15) is 5.75 Å². The van der Waals surface area contributed by atoms with E-state index in [1.165, 1.54) is 25.9 Å². The molecule has 0 saturated carbocycles. The van der Waals surface area contributed by atoms with Crippen molar-refractivity contribution in [2.45, 2.75) is 31.8 Å². The summed E-state index contributed by atoms with van der Waals surface area (Å²) >= 11 is 0. The zero-order valence-corrected chi connectivity index (χ0v) is 10.7. The van der Waals surface area contributed by atoms with Gasteiger partial charge in [0, 0.05) is 12.1 Å². The highest BCUT2D eigenvalue weighted by Crippen LogP contribution is 2.20. The van der Waals surface area contributed by atoms with Crippen molar-refractivity contribution in [1.29, 1.82) is 0 Å². The lowest BCUT2D eigenvalue weighted by Crippen LogP contribution is -2.41. The molecule has 17 heavy (non-hydrogen) atoms. The van der Waals surface area contributed by atoms with E-state index in [4.69, 9.17) is 0 Å². The van der Waals surface area contributed by atoms with Crippen molar-refractivity contribution >= 4 is 0 Å². The molecule has 1 aromatic carbocycles. The summed E-state index contributed by atoms with van der Waals surface area (Å²) in [5.74, 6) is 0.347. The van der Waals surface area contributed by atoms with Crippen LogP contribution < -0.4 is 5.32 Å². The van der Waals surface area contributed by atoms with Crippen LogP contribution in [0.15, 0.2) is 24.3 Å². The Hall–Kier alpha value is -1.06. The number of hydrogen-bond donors (Lipinski definition) is 2. The van der Waals surface area contributed by atoms with Crippen molar-refractivity contribution in [3.05, 3.63) is 29.8 Å². The highest BCUT2D eigenvalue weighted by molar-refractivity contribution is 5.29. The Kier molecular flexibility index (Phi) is 4.02. The monoisotopic (exact) mass is 234 g/mol. The molecule has 0 aliphatic carbocycles. The van der Waals surface area contributed by atoms with Gasteiger partial charge in [-0.3, -0.25) is 0 Å². The lowest BCUT2D eigenvalue weighted by atomic mass is 10.0. The molecule has 3 heteroatoms. The second-order valence-electron chi connectivity index (χ2n) is 5.06. The molecule has 2 N–H and O–H groups in total. The number of piperidine rings is 1. The van der Waals surface area contributed by atoms with E-state index in [2.05, 4.69) is 30.3 Å². The maximum absolute atomic E-state index is 9.47. The van der Waals surface area contributed by atoms with Crippen molar-refractivity contribution in [2.75, 3.05) is 20.1 Å².